The van der Waals surface area contributed by atoms with E-state index in [1.165, 1.54) is 0 Å². The molecule has 0 saturated heterocycles. The van der Waals surface area contributed by atoms with Crippen molar-refractivity contribution in [2.24, 2.45) is 0 Å². The summed E-state index contributed by atoms with van der Waals surface area (Å²) in [5.41, 5.74) is 0. The molecule has 1 heterocycles. The van der Waals surface area contributed by atoms with Crippen molar-refractivity contribution >= 4 is 11.6 Å². The number of aromatic nitrogens is 1. The highest BCUT2D eigenvalue weighted by Gasteiger charge is 2.04. The van der Waals surface area contributed by atoms with E-state index in [4.69, 9.17) is 16.3 Å². The molecule has 0 spiro atoms. The molecule has 0 radical (unpaired) electrons. The number of hydrogen-bond donors (Lipinski definition) is 0. The van der Waals surface area contributed by atoms with Gasteiger partial charge in [0.1, 0.15) is 17.5 Å². The predicted octanol–water partition coefficient (Wildman–Crippen LogP) is 2.06. The highest BCUT2D eigenvalue weighted by Crippen LogP contribution is 2.12. The van der Waals surface area contributed by atoms with Gasteiger partial charge in [0.05, 0.1) is 6.20 Å². The van der Waals surface area contributed by atoms with E-state index < -0.39 is 0 Å². The third-order valence-electron chi connectivity index (χ3n) is 2.07. The molecular formula is C10H15ClN2O. The Labute approximate surface area is 89.7 Å². The van der Waals surface area contributed by atoms with Gasteiger partial charge in [-0.1, -0.05) is 11.6 Å². The van der Waals surface area contributed by atoms with Gasteiger partial charge in [0.15, 0.2) is 0 Å². The largest absolute Gasteiger partial charge is 0.490 e. The van der Waals surface area contributed by atoms with Gasteiger partial charge in [0.2, 0.25) is 0 Å². The quantitative estimate of drug-likeness (QED) is 0.718. The van der Waals surface area contributed by atoms with Gasteiger partial charge >= 0.3 is 0 Å². The molecule has 0 aromatic carbocycles. The van der Waals surface area contributed by atoms with Gasteiger partial charge in [-0.2, -0.15) is 0 Å². The summed E-state index contributed by atoms with van der Waals surface area (Å²) in [6.07, 6.45) is 1.63. The summed E-state index contributed by atoms with van der Waals surface area (Å²) >= 11 is 5.65. The third-order valence-corrected chi connectivity index (χ3v) is 2.30. The van der Waals surface area contributed by atoms with Crippen molar-refractivity contribution in [1.29, 1.82) is 0 Å². The zero-order chi connectivity index (χ0) is 10.6. The van der Waals surface area contributed by atoms with E-state index >= 15 is 0 Å². The summed E-state index contributed by atoms with van der Waals surface area (Å²) in [7, 11) is 4.04. The maximum absolute atomic E-state index is 5.65. The molecule has 4 heteroatoms. The molecule has 0 aliphatic carbocycles. The zero-order valence-corrected chi connectivity index (χ0v) is 9.45. The van der Waals surface area contributed by atoms with Crippen LogP contribution in [0.4, 0.5) is 0 Å². The molecule has 1 aromatic heterocycles. The van der Waals surface area contributed by atoms with Gasteiger partial charge in [-0.05, 0) is 33.2 Å². The maximum atomic E-state index is 5.65. The lowest BCUT2D eigenvalue weighted by molar-refractivity contribution is 0.198. The van der Waals surface area contributed by atoms with E-state index in [0.29, 0.717) is 17.8 Å². The number of rotatable bonds is 4. The molecule has 0 N–H and O–H groups in total. The fraction of sp³-hybridized carbons (Fsp3) is 0.500. The fourth-order valence-electron chi connectivity index (χ4n) is 0.814. The molecule has 0 bridgehead atoms. The van der Waals surface area contributed by atoms with E-state index in [2.05, 4.69) is 16.8 Å². The van der Waals surface area contributed by atoms with Crippen molar-refractivity contribution < 1.29 is 4.74 Å². The normalized spacial score (nSPS) is 12.9. The summed E-state index contributed by atoms with van der Waals surface area (Å²) in [5.74, 6) is 0.753. The van der Waals surface area contributed by atoms with E-state index in [1.54, 1.807) is 12.3 Å². The number of ether oxygens (including phenoxy) is 1. The standard InChI is InChI=1S/C10H15ClN2O/c1-8(13(2)3)7-14-9-4-5-10(11)12-6-9/h4-6,8H,7H2,1-3H3/t8-/m0/s1. The van der Waals surface area contributed by atoms with Gasteiger partial charge in [-0.3, -0.25) is 0 Å². The smallest absolute Gasteiger partial charge is 0.137 e. The lowest BCUT2D eigenvalue weighted by Crippen LogP contribution is -2.30. The minimum atomic E-state index is 0.380. The molecule has 0 aliphatic rings. The highest BCUT2D eigenvalue weighted by atomic mass is 35.5. The van der Waals surface area contributed by atoms with E-state index in [1.807, 2.05) is 20.2 Å². The van der Waals surface area contributed by atoms with Gasteiger partial charge in [-0.25, -0.2) is 4.98 Å². The molecule has 1 atom stereocenters. The maximum Gasteiger partial charge on any atom is 0.137 e. The van der Waals surface area contributed by atoms with Gasteiger partial charge in [0, 0.05) is 6.04 Å². The van der Waals surface area contributed by atoms with Crippen LogP contribution in [0.15, 0.2) is 18.3 Å². The summed E-state index contributed by atoms with van der Waals surface area (Å²) in [4.78, 5) is 6.03. The third kappa shape index (κ3) is 3.52. The van der Waals surface area contributed by atoms with Crippen LogP contribution in [-0.4, -0.2) is 36.6 Å². The Kier molecular flexibility index (Phi) is 4.17. The summed E-state index contributed by atoms with van der Waals surface area (Å²) < 4.78 is 5.52. The Hall–Kier alpha value is -0.800. The Bertz CT molecular complexity index is 274. The van der Waals surface area contributed by atoms with E-state index in [0.717, 1.165) is 5.75 Å². The Balaban J connectivity index is 2.42. The Morgan fingerprint density at radius 3 is 2.71 bits per heavy atom. The second-order valence-electron chi connectivity index (χ2n) is 3.44. The second kappa shape index (κ2) is 5.17. The van der Waals surface area contributed by atoms with Crippen LogP contribution in [0.3, 0.4) is 0 Å². The van der Waals surface area contributed by atoms with Crippen LogP contribution in [0.25, 0.3) is 0 Å². The first-order chi connectivity index (χ1) is 6.59. The van der Waals surface area contributed by atoms with Crippen LogP contribution in [0.2, 0.25) is 5.15 Å². The average molecular weight is 215 g/mol. The lowest BCUT2D eigenvalue weighted by atomic mass is 10.3. The molecule has 1 rings (SSSR count). The number of hydrogen-bond acceptors (Lipinski definition) is 3. The van der Waals surface area contributed by atoms with Crippen molar-refractivity contribution in [2.45, 2.75) is 13.0 Å². The van der Waals surface area contributed by atoms with Gasteiger partial charge in [0.25, 0.3) is 0 Å². The molecular weight excluding hydrogens is 200 g/mol. The van der Waals surface area contributed by atoms with Crippen LogP contribution in [-0.2, 0) is 0 Å². The molecule has 0 fully saturated rings. The monoisotopic (exact) mass is 214 g/mol. The first kappa shape index (κ1) is 11.3. The number of halogens is 1. The molecule has 3 nitrogen and oxygen atoms in total. The highest BCUT2D eigenvalue weighted by molar-refractivity contribution is 6.29. The molecule has 1 aromatic rings. The fourth-order valence-corrected chi connectivity index (χ4v) is 0.925. The van der Waals surface area contributed by atoms with Gasteiger partial charge in [-0.15, -0.1) is 0 Å². The summed E-state index contributed by atoms with van der Waals surface area (Å²) in [6.45, 7) is 2.75. The van der Waals surface area contributed by atoms with Crippen molar-refractivity contribution in [3.05, 3.63) is 23.5 Å². The number of likely N-dealkylation sites (N-methyl/N-ethyl adjacent to an activating group) is 1. The minimum absolute atomic E-state index is 0.380. The molecule has 0 amide bonds. The van der Waals surface area contributed by atoms with Crippen molar-refractivity contribution in [3.63, 3.8) is 0 Å². The SMILES string of the molecule is C[C@@H](COc1ccc(Cl)nc1)N(C)C. The molecule has 0 saturated carbocycles. The minimum Gasteiger partial charge on any atom is -0.490 e. The number of nitrogens with zero attached hydrogens (tertiary/aromatic N) is 2. The topological polar surface area (TPSA) is 25.4 Å². The number of pyridine rings is 1. The van der Waals surface area contributed by atoms with E-state index in [-0.39, 0.29) is 0 Å². The zero-order valence-electron chi connectivity index (χ0n) is 8.70. The average Bonchev–Trinajstić information content (AvgIpc) is 2.16. The Morgan fingerprint density at radius 2 is 2.21 bits per heavy atom. The van der Waals surface area contributed by atoms with Crippen LogP contribution in [0, 0.1) is 0 Å². The lowest BCUT2D eigenvalue weighted by Gasteiger charge is -2.19. The first-order valence-electron chi connectivity index (χ1n) is 4.50. The van der Waals surface area contributed by atoms with Crippen LogP contribution in [0.1, 0.15) is 6.92 Å². The molecule has 14 heavy (non-hydrogen) atoms. The van der Waals surface area contributed by atoms with Crippen LogP contribution < -0.4 is 4.74 Å². The summed E-state index contributed by atoms with van der Waals surface area (Å²) in [5, 5.41) is 0.484. The molecule has 78 valence electrons. The molecule has 0 unspecified atom stereocenters. The predicted molar refractivity (Wildman–Crippen MR) is 57.9 cm³/mol. The van der Waals surface area contributed by atoms with Crippen LogP contribution >= 0.6 is 11.6 Å². The molecule has 0 aliphatic heterocycles. The second-order valence-corrected chi connectivity index (χ2v) is 3.83. The van der Waals surface area contributed by atoms with Crippen LogP contribution in [0.5, 0.6) is 5.75 Å². The van der Waals surface area contributed by atoms with Crippen molar-refractivity contribution in [3.8, 4) is 5.75 Å². The van der Waals surface area contributed by atoms with Gasteiger partial charge < -0.3 is 9.64 Å². The van der Waals surface area contributed by atoms with Crippen molar-refractivity contribution in [2.75, 3.05) is 20.7 Å². The first-order valence-corrected chi connectivity index (χ1v) is 4.88. The summed E-state index contributed by atoms with van der Waals surface area (Å²) in [6, 6.07) is 3.92. The Morgan fingerprint density at radius 1 is 1.50 bits per heavy atom. The van der Waals surface area contributed by atoms with E-state index in [9.17, 15) is 0 Å². The van der Waals surface area contributed by atoms with Crippen molar-refractivity contribution in [1.82, 2.24) is 9.88 Å².